The predicted octanol–water partition coefficient (Wildman–Crippen LogP) is 4.09. The first-order valence-corrected chi connectivity index (χ1v) is 9.82. The van der Waals surface area contributed by atoms with Crippen molar-refractivity contribution in [3.05, 3.63) is 75.9 Å². The highest BCUT2D eigenvalue weighted by molar-refractivity contribution is 6.31. The van der Waals surface area contributed by atoms with Crippen molar-refractivity contribution in [1.82, 2.24) is 14.4 Å². The van der Waals surface area contributed by atoms with Crippen molar-refractivity contribution in [3.8, 4) is 0 Å². The smallest absolute Gasteiger partial charge is 0.333 e. The maximum absolute atomic E-state index is 12.7. The van der Waals surface area contributed by atoms with Crippen molar-refractivity contribution in [2.24, 2.45) is 0 Å². The zero-order chi connectivity index (χ0) is 21.6. The number of amides is 4. The van der Waals surface area contributed by atoms with Crippen molar-refractivity contribution < 1.29 is 14.4 Å². The van der Waals surface area contributed by atoms with Crippen molar-refractivity contribution in [2.45, 2.75) is 13.5 Å². The third-order valence-corrected chi connectivity index (χ3v) is 5.87. The van der Waals surface area contributed by atoms with E-state index >= 15 is 0 Å². The third kappa shape index (κ3) is 3.09. The topological polar surface area (TPSA) is 62.6 Å². The number of imide groups is 2. The molecule has 1 fully saturated rings. The summed E-state index contributed by atoms with van der Waals surface area (Å²) in [6.45, 7) is 2.50. The second-order valence-corrected chi connectivity index (χ2v) is 7.67. The Labute approximate surface area is 178 Å². The summed E-state index contributed by atoms with van der Waals surface area (Å²) in [7, 11) is 2.74. The maximum Gasteiger partial charge on any atom is 0.333 e. The van der Waals surface area contributed by atoms with Crippen LogP contribution in [0.2, 0.25) is 5.02 Å². The molecule has 0 unspecified atom stereocenters. The number of aromatic nitrogens is 1. The van der Waals surface area contributed by atoms with Crippen molar-refractivity contribution in [2.75, 3.05) is 14.1 Å². The minimum Gasteiger partial charge on any atom is -0.340 e. The zero-order valence-corrected chi connectivity index (χ0v) is 17.6. The molecular weight excluding hydrogens is 402 g/mol. The van der Waals surface area contributed by atoms with Crippen LogP contribution in [-0.2, 0) is 16.1 Å². The lowest BCUT2D eigenvalue weighted by molar-refractivity contribution is -0.134. The number of urea groups is 1. The Balaban J connectivity index is 1.89. The Morgan fingerprint density at radius 1 is 0.900 bits per heavy atom. The first-order chi connectivity index (χ1) is 14.3. The summed E-state index contributed by atoms with van der Waals surface area (Å²) in [6.07, 6.45) is 1.59. The van der Waals surface area contributed by atoms with Crippen LogP contribution in [0.1, 0.15) is 16.8 Å². The molecule has 3 aromatic rings. The van der Waals surface area contributed by atoms with Gasteiger partial charge in [-0.15, -0.1) is 0 Å². The number of likely N-dealkylation sites (N-methyl/N-ethyl adjacent to an activating group) is 2. The Morgan fingerprint density at radius 3 is 2.17 bits per heavy atom. The number of para-hydroxylation sites is 1. The fourth-order valence-electron chi connectivity index (χ4n) is 3.76. The molecule has 0 spiro atoms. The van der Waals surface area contributed by atoms with Gasteiger partial charge in [-0.05, 0) is 30.7 Å². The largest absolute Gasteiger partial charge is 0.340 e. The summed E-state index contributed by atoms with van der Waals surface area (Å²) in [4.78, 5) is 39.2. The van der Waals surface area contributed by atoms with E-state index in [1.807, 2.05) is 55.5 Å². The molecule has 0 saturated carbocycles. The van der Waals surface area contributed by atoms with Gasteiger partial charge >= 0.3 is 6.03 Å². The molecule has 0 aliphatic carbocycles. The molecule has 6 nitrogen and oxygen atoms in total. The second-order valence-electron chi connectivity index (χ2n) is 7.26. The average molecular weight is 422 g/mol. The number of barbiturate groups is 1. The molecule has 30 heavy (non-hydrogen) atoms. The van der Waals surface area contributed by atoms with Crippen LogP contribution in [0.15, 0.2) is 54.1 Å². The minimum atomic E-state index is -0.639. The molecule has 0 N–H and O–H groups in total. The molecular formula is C23H20ClN3O3. The number of hydrogen-bond donors (Lipinski definition) is 0. The first-order valence-electron chi connectivity index (χ1n) is 9.44. The van der Waals surface area contributed by atoms with Crippen LogP contribution in [0.25, 0.3) is 17.0 Å². The van der Waals surface area contributed by atoms with Gasteiger partial charge in [0.2, 0.25) is 0 Å². The van der Waals surface area contributed by atoms with E-state index in [0.29, 0.717) is 11.6 Å². The minimum absolute atomic E-state index is 0.0386. The molecule has 0 bridgehead atoms. The molecule has 4 rings (SSSR count). The first kappa shape index (κ1) is 19.9. The van der Waals surface area contributed by atoms with Gasteiger partial charge in [0.15, 0.2) is 0 Å². The van der Waals surface area contributed by atoms with Gasteiger partial charge in [0.25, 0.3) is 11.8 Å². The van der Waals surface area contributed by atoms with Crippen molar-refractivity contribution >= 4 is 46.4 Å². The fourth-order valence-corrected chi connectivity index (χ4v) is 3.96. The van der Waals surface area contributed by atoms with E-state index < -0.39 is 17.8 Å². The van der Waals surface area contributed by atoms with Gasteiger partial charge < -0.3 is 4.57 Å². The van der Waals surface area contributed by atoms with Crippen LogP contribution in [0.3, 0.4) is 0 Å². The monoisotopic (exact) mass is 421 g/mol. The number of benzene rings is 2. The van der Waals surface area contributed by atoms with E-state index in [4.69, 9.17) is 11.6 Å². The lowest BCUT2D eigenvalue weighted by Crippen LogP contribution is -2.52. The lowest BCUT2D eigenvalue weighted by Gasteiger charge is -2.28. The summed E-state index contributed by atoms with van der Waals surface area (Å²) in [5.41, 5.74) is 3.56. The molecule has 1 saturated heterocycles. The summed E-state index contributed by atoms with van der Waals surface area (Å²) in [5.74, 6) is -1.21. The van der Waals surface area contributed by atoms with Gasteiger partial charge in [-0.25, -0.2) is 4.79 Å². The number of carbonyl (C=O) groups excluding carboxylic acids is 3. The molecule has 2 aromatic carbocycles. The van der Waals surface area contributed by atoms with Gasteiger partial charge in [-0.1, -0.05) is 48.0 Å². The lowest BCUT2D eigenvalue weighted by atomic mass is 10.0. The Hall–Kier alpha value is -3.38. The average Bonchev–Trinajstić information content (AvgIpc) is 3.01. The van der Waals surface area contributed by atoms with E-state index in [2.05, 4.69) is 4.57 Å². The summed E-state index contributed by atoms with van der Waals surface area (Å²) in [5, 5.41) is 1.59. The Morgan fingerprint density at radius 2 is 1.50 bits per heavy atom. The van der Waals surface area contributed by atoms with Gasteiger partial charge in [-0.2, -0.15) is 0 Å². The third-order valence-electron chi connectivity index (χ3n) is 5.50. The summed E-state index contributed by atoms with van der Waals surface area (Å²) < 4.78 is 2.11. The predicted molar refractivity (Wildman–Crippen MR) is 116 cm³/mol. The van der Waals surface area contributed by atoms with Gasteiger partial charge in [-0.3, -0.25) is 19.4 Å². The molecule has 7 heteroatoms. The van der Waals surface area contributed by atoms with Crippen LogP contribution in [0.5, 0.6) is 0 Å². The fraction of sp³-hybridized carbons (Fsp3) is 0.174. The molecule has 4 amide bonds. The van der Waals surface area contributed by atoms with E-state index in [0.717, 1.165) is 37.5 Å². The van der Waals surface area contributed by atoms with Crippen molar-refractivity contribution in [1.29, 1.82) is 0 Å². The Kier molecular flexibility index (Phi) is 4.95. The van der Waals surface area contributed by atoms with Crippen LogP contribution in [0.4, 0.5) is 4.79 Å². The highest BCUT2D eigenvalue weighted by Gasteiger charge is 2.38. The molecule has 1 aromatic heterocycles. The Bertz CT molecular complexity index is 1220. The number of hydrogen-bond acceptors (Lipinski definition) is 3. The molecule has 0 radical (unpaired) electrons. The highest BCUT2D eigenvalue weighted by atomic mass is 35.5. The van der Waals surface area contributed by atoms with E-state index in [-0.39, 0.29) is 5.57 Å². The van der Waals surface area contributed by atoms with Gasteiger partial charge in [0, 0.05) is 47.8 Å². The normalized spacial score (nSPS) is 14.8. The van der Waals surface area contributed by atoms with E-state index in [1.54, 1.807) is 6.08 Å². The number of nitrogens with zero attached hydrogens (tertiary/aromatic N) is 3. The summed E-state index contributed by atoms with van der Waals surface area (Å²) in [6, 6.07) is 14.8. The quantitative estimate of drug-likeness (QED) is 0.472. The maximum atomic E-state index is 12.7. The number of carbonyl (C=O) groups is 3. The van der Waals surface area contributed by atoms with Gasteiger partial charge in [0.05, 0.1) is 0 Å². The van der Waals surface area contributed by atoms with Crippen LogP contribution >= 0.6 is 11.6 Å². The van der Waals surface area contributed by atoms with E-state index in [9.17, 15) is 14.4 Å². The molecule has 0 atom stereocenters. The summed E-state index contributed by atoms with van der Waals surface area (Å²) >= 11 is 6.37. The van der Waals surface area contributed by atoms with Crippen LogP contribution in [-0.4, -0.2) is 46.3 Å². The number of rotatable bonds is 3. The second kappa shape index (κ2) is 7.46. The standard InChI is InChI=1S/C23H20ClN3O3/c1-14-17(12-18-21(28)25(2)23(30)26(3)22(18)29)16-9-5-7-11-20(16)27(14)13-15-8-4-6-10-19(15)24/h4-12H,13H2,1-3H3. The molecule has 152 valence electrons. The van der Waals surface area contributed by atoms with Crippen LogP contribution in [0, 0.1) is 6.92 Å². The number of fused-ring (bicyclic) bond motifs is 1. The molecule has 2 heterocycles. The van der Waals surface area contributed by atoms with Crippen LogP contribution < -0.4 is 0 Å². The molecule has 1 aliphatic heterocycles. The number of halogens is 1. The van der Waals surface area contributed by atoms with Gasteiger partial charge in [0.1, 0.15) is 5.57 Å². The highest BCUT2D eigenvalue weighted by Crippen LogP contribution is 2.31. The van der Waals surface area contributed by atoms with E-state index in [1.165, 1.54) is 14.1 Å². The van der Waals surface area contributed by atoms with Crippen molar-refractivity contribution in [3.63, 3.8) is 0 Å². The molecule has 1 aliphatic rings. The SMILES string of the molecule is Cc1c(C=C2C(=O)N(C)C(=O)N(C)C2=O)c2ccccc2n1Cc1ccccc1Cl. The zero-order valence-electron chi connectivity index (χ0n) is 16.8.